The molecule has 4 aromatic rings. The first-order valence-corrected chi connectivity index (χ1v) is 12.8. The molecule has 36 heavy (non-hydrogen) atoms. The Morgan fingerprint density at radius 1 is 0.833 bits per heavy atom. The Labute approximate surface area is 212 Å². The lowest BCUT2D eigenvalue weighted by Crippen LogP contribution is -2.41. The average molecular weight is 481 g/mol. The van der Waals surface area contributed by atoms with Gasteiger partial charge in [0.1, 0.15) is 6.54 Å². The largest absolute Gasteiger partial charge is 0.480 e. The molecule has 0 aliphatic heterocycles. The fourth-order valence-electron chi connectivity index (χ4n) is 5.54. The predicted molar refractivity (Wildman–Crippen MR) is 142 cm³/mol. The Morgan fingerprint density at radius 3 is 2.03 bits per heavy atom. The number of fused-ring (bicyclic) bond motifs is 3. The highest BCUT2D eigenvalue weighted by atomic mass is 16.4. The lowest BCUT2D eigenvalue weighted by atomic mass is 9.85. The van der Waals surface area contributed by atoms with Gasteiger partial charge in [0.25, 0.3) is 0 Å². The number of carboxylic acid groups (broad SMARTS) is 1. The third-order valence-electron chi connectivity index (χ3n) is 7.35. The number of rotatable bonds is 9. The van der Waals surface area contributed by atoms with Crippen molar-refractivity contribution in [2.24, 2.45) is 5.92 Å². The molecule has 0 saturated heterocycles. The van der Waals surface area contributed by atoms with Crippen LogP contribution < -0.4 is 0 Å². The minimum absolute atomic E-state index is 0.0469. The summed E-state index contributed by atoms with van der Waals surface area (Å²) in [5.74, 6) is -0.722. The highest BCUT2D eigenvalue weighted by Gasteiger charge is 2.32. The molecule has 1 aliphatic carbocycles. The summed E-state index contributed by atoms with van der Waals surface area (Å²) in [4.78, 5) is 27.5. The summed E-state index contributed by atoms with van der Waals surface area (Å²) >= 11 is 0. The fourth-order valence-corrected chi connectivity index (χ4v) is 5.54. The highest BCUT2D eigenvalue weighted by molar-refractivity contribution is 5.88. The van der Waals surface area contributed by atoms with E-state index >= 15 is 0 Å². The van der Waals surface area contributed by atoms with Crippen LogP contribution in [-0.2, 0) is 41.8 Å². The first kappa shape index (κ1) is 23.9. The molecule has 1 aromatic heterocycles. The van der Waals surface area contributed by atoms with Crippen molar-refractivity contribution in [1.29, 1.82) is 0 Å². The monoisotopic (exact) mass is 480 g/mol. The number of benzene rings is 3. The lowest BCUT2D eigenvalue weighted by molar-refractivity contribution is -0.138. The zero-order chi connectivity index (χ0) is 24.9. The van der Waals surface area contributed by atoms with Gasteiger partial charge in [0.15, 0.2) is 0 Å². The molecule has 1 N–H and O–H groups in total. The van der Waals surface area contributed by atoms with E-state index in [1.165, 1.54) is 11.1 Å². The molecule has 1 unspecified atom stereocenters. The molecule has 0 spiro atoms. The van der Waals surface area contributed by atoms with Gasteiger partial charge in [-0.25, -0.2) is 0 Å². The molecule has 1 aliphatic rings. The molecule has 1 atom stereocenters. The molecule has 5 rings (SSSR count). The van der Waals surface area contributed by atoms with Gasteiger partial charge in [-0.2, -0.15) is 0 Å². The minimum atomic E-state index is -0.843. The van der Waals surface area contributed by atoms with Crippen LogP contribution in [0, 0.1) is 5.92 Å². The first-order chi connectivity index (χ1) is 17.6. The van der Waals surface area contributed by atoms with Gasteiger partial charge in [-0.1, -0.05) is 78.9 Å². The Hall–Kier alpha value is -3.86. The smallest absolute Gasteiger partial charge is 0.323 e. The highest BCUT2D eigenvalue weighted by Crippen LogP contribution is 2.35. The van der Waals surface area contributed by atoms with Gasteiger partial charge in [-0.15, -0.1) is 0 Å². The number of para-hydroxylation sites is 1. The van der Waals surface area contributed by atoms with Gasteiger partial charge in [0.05, 0.1) is 0 Å². The Balaban J connectivity index is 1.37. The van der Waals surface area contributed by atoms with E-state index in [1.807, 2.05) is 64.1 Å². The van der Waals surface area contributed by atoms with Gasteiger partial charge in [0, 0.05) is 35.6 Å². The molecule has 1 heterocycles. The SMILES string of the molecule is O=C(O)Cn1c2c(c3ccccc31)CC(C(=O)N(CCc1ccccc1)CCc1ccccc1)CC2. The van der Waals surface area contributed by atoms with Crippen molar-refractivity contribution in [3.05, 3.63) is 107 Å². The standard InChI is InChI=1S/C31H32N2O3/c34-30(35)22-33-28-14-8-7-13-26(28)27-21-25(15-16-29(27)33)31(36)32(19-17-23-9-3-1-4-10-23)20-18-24-11-5-2-6-12-24/h1-14,25H,15-22H2,(H,34,35). The van der Waals surface area contributed by atoms with E-state index in [4.69, 9.17) is 0 Å². The summed E-state index contributed by atoms with van der Waals surface area (Å²) in [6.07, 6.45) is 3.79. The maximum atomic E-state index is 13.9. The second kappa shape index (κ2) is 10.8. The summed E-state index contributed by atoms with van der Waals surface area (Å²) in [6.45, 7) is 1.34. The van der Waals surface area contributed by atoms with Crippen LogP contribution in [0.25, 0.3) is 10.9 Å². The Bertz CT molecular complexity index is 1300. The van der Waals surface area contributed by atoms with E-state index in [1.54, 1.807) is 0 Å². The lowest BCUT2D eigenvalue weighted by Gasteiger charge is -2.30. The van der Waals surface area contributed by atoms with Crippen molar-refractivity contribution >= 4 is 22.8 Å². The van der Waals surface area contributed by atoms with Crippen LogP contribution in [0.3, 0.4) is 0 Å². The predicted octanol–water partition coefficient (Wildman–Crippen LogP) is 5.14. The summed E-state index contributed by atoms with van der Waals surface area (Å²) < 4.78 is 1.93. The zero-order valence-electron chi connectivity index (χ0n) is 20.5. The Morgan fingerprint density at radius 2 is 1.42 bits per heavy atom. The number of aromatic nitrogens is 1. The summed E-state index contributed by atoms with van der Waals surface area (Å²) in [6, 6.07) is 28.6. The minimum Gasteiger partial charge on any atom is -0.480 e. The van der Waals surface area contributed by atoms with E-state index in [0.717, 1.165) is 47.8 Å². The summed E-state index contributed by atoms with van der Waals surface area (Å²) in [7, 11) is 0. The van der Waals surface area contributed by atoms with Crippen LogP contribution in [0.2, 0.25) is 0 Å². The van der Waals surface area contributed by atoms with Crippen molar-refractivity contribution in [2.75, 3.05) is 13.1 Å². The van der Waals surface area contributed by atoms with Gasteiger partial charge >= 0.3 is 5.97 Å². The zero-order valence-corrected chi connectivity index (χ0v) is 20.5. The molecule has 184 valence electrons. The molecular formula is C31H32N2O3. The van der Waals surface area contributed by atoms with Crippen LogP contribution in [0.4, 0.5) is 0 Å². The van der Waals surface area contributed by atoms with Crippen LogP contribution >= 0.6 is 0 Å². The van der Waals surface area contributed by atoms with E-state index in [0.29, 0.717) is 19.5 Å². The second-order valence-corrected chi connectivity index (χ2v) is 9.66. The fraction of sp³-hybridized carbons (Fsp3) is 0.290. The molecule has 5 heteroatoms. The second-order valence-electron chi connectivity index (χ2n) is 9.66. The number of hydrogen-bond acceptors (Lipinski definition) is 2. The van der Waals surface area contributed by atoms with Crippen molar-refractivity contribution < 1.29 is 14.7 Å². The van der Waals surface area contributed by atoms with Crippen LogP contribution in [0.15, 0.2) is 84.9 Å². The number of carbonyl (C=O) groups excluding carboxylic acids is 1. The Kier molecular flexibility index (Phi) is 7.17. The molecular weight excluding hydrogens is 448 g/mol. The van der Waals surface area contributed by atoms with E-state index in [2.05, 4.69) is 30.3 Å². The average Bonchev–Trinajstić information content (AvgIpc) is 3.22. The van der Waals surface area contributed by atoms with Crippen molar-refractivity contribution in [3.8, 4) is 0 Å². The quantitative estimate of drug-likeness (QED) is 0.361. The molecule has 0 saturated carbocycles. The summed E-state index contributed by atoms with van der Waals surface area (Å²) in [5.41, 5.74) is 5.63. The number of carbonyl (C=O) groups is 2. The van der Waals surface area contributed by atoms with E-state index in [9.17, 15) is 14.7 Å². The first-order valence-electron chi connectivity index (χ1n) is 12.8. The summed E-state index contributed by atoms with van der Waals surface area (Å²) in [5, 5.41) is 10.6. The van der Waals surface area contributed by atoms with Gasteiger partial charge in [-0.3, -0.25) is 9.59 Å². The normalized spacial score (nSPS) is 14.9. The van der Waals surface area contributed by atoms with Crippen LogP contribution in [0.5, 0.6) is 0 Å². The number of carboxylic acids is 1. The maximum absolute atomic E-state index is 13.9. The molecule has 3 aromatic carbocycles. The van der Waals surface area contributed by atoms with Crippen molar-refractivity contribution in [3.63, 3.8) is 0 Å². The van der Waals surface area contributed by atoms with Crippen LogP contribution in [0.1, 0.15) is 28.8 Å². The molecule has 5 nitrogen and oxygen atoms in total. The number of nitrogens with zero attached hydrogens (tertiary/aromatic N) is 2. The third kappa shape index (κ3) is 5.20. The van der Waals surface area contributed by atoms with Crippen molar-refractivity contribution in [1.82, 2.24) is 9.47 Å². The maximum Gasteiger partial charge on any atom is 0.323 e. The molecule has 0 radical (unpaired) electrons. The van der Waals surface area contributed by atoms with Gasteiger partial charge in [-0.05, 0) is 54.9 Å². The number of aliphatic carboxylic acids is 1. The van der Waals surface area contributed by atoms with Crippen molar-refractivity contribution in [2.45, 2.75) is 38.6 Å². The van der Waals surface area contributed by atoms with Gasteiger partial charge in [0.2, 0.25) is 5.91 Å². The van der Waals surface area contributed by atoms with Gasteiger partial charge < -0.3 is 14.6 Å². The van der Waals surface area contributed by atoms with Crippen LogP contribution in [-0.4, -0.2) is 39.5 Å². The van der Waals surface area contributed by atoms with E-state index in [-0.39, 0.29) is 18.4 Å². The number of hydrogen-bond donors (Lipinski definition) is 1. The van der Waals surface area contributed by atoms with E-state index < -0.39 is 5.97 Å². The molecule has 0 fully saturated rings. The molecule has 0 bridgehead atoms. The third-order valence-corrected chi connectivity index (χ3v) is 7.35. The number of amides is 1. The molecule has 1 amide bonds. The topological polar surface area (TPSA) is 62.5 Å².